The molecular formula is C26H32N6O. The van der Waals surface area contributed by atoms with E-state index in [0.717, 1.165) is 59.6 Å². The fourth-order valence-corrected chi connectivity index (χ4v) is 5.11. The van der Waals surface area contributed by atoms with Gasteiger partial charge in [0.1, 0.15) is 11.5 Å². The Morgan fingerprint density at radius 1 is 0.970 bits per heavy atom. The molecule has 3 aromatic heterocycles. The van der Waals surface area contributed by atoms with Gasteiger partial charge in [-0.25, -0.2) is 4.98 Å². The van der Waals surface area contributed by atoms with E-state index in [-0.39, 0.29) is 5.92 Å². The number of fused-ring (bicyclic) bond motifs is 1. The molecule has 3 aromatic rings. The smallest absolute Gasteiger partial charge is 0.141 e. The van der Waals surface area contributed by atoms with E-state index < -0.39 is 0 Å². The zero-order valence-corrected chi connectivity index (χ0v) is 19.4. The van der Waals surface area contributed by atoms with Gasteiger partial charge in [0.25, 0.3) is 0 Å². The molecule has 1 saturated carbocycles. The molecular weight excluding hydrogens is 412 g/mol. The van der Waals surface area contributed by atoms with Crippen LogP contribution in [-0.2, 0) is 11.2 Å². The van der Waals surface area contributed by atoms with E-state index in [4.69, 9.17) is 4.98 Å². The number of piperazine rings is 1. The Morgan fingerprint density at radius 2 is 1.79 bits per heavy atom. The van der Waals surface area contributed by atoms with Crippen LogP contribution in [0.3, 0.4) is 0 Å². The van der Waals surface area contributed by atoms with Crippen LogP contribution in [0.25, 0.3) is 22.3 Å². The number of carbonyl (C=O) groups excluding carboxylic acids is 1. The minimum absolute atomic E-state index is 0.171. The SMILES string of the molecule is CN1CCN(CC2CCC(C(=O)Cc3cc4nc(-c5cnccn5)ccc4cn3)CC2)CC1. The van der Waals surface area contributed by atoms with Crippen molar-refractivity contribution >= 4 is 16.7 Å². The Morgan fingerprint density at radius 3 is 2.55 bits per heavy atom. The van der Waals surface area contributed by atoms with Gasteiger partial charge in [0, 0.05) is 74.7 Å². The topological polar surface area (TPSA) is 75.1 Å². The van der Waals surface area contributed by atoms with Crippen molar-refractivity contribution < 1.29 is 4.79 Å². The number of pyridine rings is 2. The number of carbonyl (C=O) groups is 1. The largest absolute Gasteiger partial charge is 0.304 e. The molecule has 1 saturated heterocycles. The molecule has 0 bridgehead atoms. The van der Waals surface area contributed by atoms with Crippen LogP contribution in [0.1, 0.15) is 31.4 Å². The average Bonchev–Trinajstić information content (AvgIpc) is 2.86. The molecule has 2 fully saturated rings. The monoisotopic (exact) mass is 444 g/mol. The minimum Gasteiger partial charge on any atom is -0.304 e. The number of nitrogens with zero attached hydrogens (tertiary/aromatic N) is 6. The summed E-state index contributed by atoms with van der Waals surface area (Å²) in [6.07, 6.45) is 11.6. The predicted molar refractivity (Wildman–Crippen MR) is 129 cm³/mol. The molecule has 2 aliphatic rings. The second-order valence-corrected chi connectivity index (χ2v) is 9.62. The molecule has 0 unspecified atom stereocenters. The standard InChI is InChI=1S/C26H32N6O/c1-31-10-12-32(13-11-31)18-19-2-4-20(5-3-19)26(33)15-22-14-24-21(16-29-22)6-7-23(30-24)25-17-27-8-9-28-25/h6-9,14,16-17,19-20H,2-5,10-13,15,18H2,1H3. The summed E-state index contributed by atoms with van der Waals surface area (Å²) in [5.41, 5.74) is 3.16. The third-order valence-corrected chi connectivity index (χ3v) is 7.23. The van der Waals surface area contributed by atoms with Crippen LogP contribution in [0.2, 0.25) is 0 Å². The summed E-state index contributed by atoms with van der Waals surface area (Å²) < 4.78 is 0. The van der Waals surface area contributed by atoms with Crippen LogP contribution in [-0.4, -0.2) is 75.3 Å². The predicted octanol–water partition coefficient (Wildman–Crippen LogP) is 3.25. The van der Waals surface area contributed by atoms with Gasteiger partial charge in [0.2, 0.25) is 0 Å². The van der Waals surface area contributed by atoms with Crippen LogP contribution in [0.4, 0.5) is 0 Å². The highest BCUT2D eigenvalue weighted by Crippen LogP contribution is 2.31. The third kappa shape index (κ3) is 5.42. The number of hydrogen-bond acceptors (Lipinski definition) is 7. The molecule has 33 heavy (non-hydrogen) atoms. The second-order valence-electron chi connectivity index (χ2n) is 9.62. The van der Waals surface area contributed by atoms with Gasteiger partial charge in [0.15, 0.2) is 0 Å². The summed E-state index contributed by atoms with van der Waals surface area (Å²) in [6.45, 7) is 5.88. The molecule has 7 heteroatoms. The Balaban J connectivity index is 1.18. The molecule has 5 rings (SSSR count). The Labute approximate surface area is 195 Å². The Hall–Kier alpha value is -2.77. The molecule has 172 valence electrons. The molecule has 1 aliphatic heterocycles. The summed E-state index contributed by atoms with van der Waals surface area (Å²) in [7, 11) is 2.20. The van der Waals surface area contributed by atoms with Crippen molar-refractivity contribution in [1.29, 1.82) is 0 Å². The van der Waals surface area contributed by atoms with Crippen LogP contribution in [0, 0.1) is 11.8 Å². The maximum Gasteiger partial charge on any atom is 0.141 e. The van der Waals surface area contributed by atoms with E-state index in [9.17, 15) is 4.79 Å². The van der Waals surface area contributed by atoms with E-state index in [1.54, 1.807) is 18.6 Å². The van der Waals surface area contributed by atoms with Crippen molar-refractivity contribution in [3.63, 3.8) is 0 Å². The van der Waals surface area contributed by atoms with Gasteiger partial charge in [-0.15, -0.1) is 0 Å². The molecule has 0 radical (unpaired) electrons. The average molecular weight is 445 g/mol. The van der Waals surface area contributed by atoms with Crippen molar-refractivity contribution in [2.24, 2.45) is 11.8 Å². The highest BCUT2D eigenvalue weighted by molar-refractivity contribution is 5.85. The van der Waals surface area contributed by atoms with Gasteiger partial charge in [-0.2, -0.15) is 0 Å². The maximum absolute atomic E-state index is 13.0. The minimum atomic E-state index is 0.171. The van der Waals surface area contributed by atoms with Crippen LogP contribution < -0.4 is 0 Å². The first-order valence-corrected chi connectivity index (χ1v) is 12.1. The first-order valence-electron chi connectivity index (χ1n) is 12.1. The van der Waals surface area contributed by atoms with Gasteiger partial charge >= 0.3 is 0 Å². The fraction of sp³-hybridized carbons (Fsp3) is 0.500. The van der Waals surface area contributed by atoms with Gasteiger partial charge in [-0.1, -0.05) is 0 Å². The lowest BCUT2D eigenvalue weighted by molar-refractivity contribution is -0.123. The van der Waals surface area contributed by atoms with Gasteiger partial charge < -0.3 is 9.80 Å². The molecule has 7 nitrogen and oxygen atoms in total. The van der Waals surface area contributed by atoms with Gasteiger partial charge in [0.05, 0.1) is 17.4 Å². The normalized spacial score (nSPS) is 22.5. The van der Waals surface area contributed by atoms with Gasteiger partial charge in [-0.3, -0.25) is 19.7 Å². The molecule has 0 N–H and O–H groups in total. The summed E-state index contributed by atoms with van der Waals surface area (Å²) in [5.74, 6) is 1.23. The zero-order valence-electron chi connectivity index (χ0n) is 19.4. The molecule has 0 aromatic carbocycles. The molecule has 1 aliphatic carbocycles. The number of likely N-dealkylation sites (N-methyl/N-ethyl adjacent to an activating group) is 1. The zero-order chi connectivity index (χ0) is 22.6. The fourth-order valence-electron chi connectivity index (χ4n) is 5.11. The quantitative estimate of drug-likeness (QED) is 0.578. The van der Waals surface area contributed by atoms with E-state index in [0.29, 0.717) is 12.2 Å². The lowest BCUT2D eigenvalue weighted by Gasteiger charge is -2.36. The summed E-state index contributed by atoms with van der Waals surface area (Å²) >= 11 is 0. The van der Waals surface area contributed by atoms with Crippen molar-refractivity contribution in [2.45, 2.75) is 32.1 Å². The molecule has 0 amide bonds. The summed E-state index contributed by atoms with van der Waals surface area (Å²) in [5, 5.41) is 0.961. The lowest BCUT2D eigenvalue weighted by Crippen LogP contribution is -2.46. The van der Waals surface area contributed by atoms with E-state index in [2.05, 4.69) is 31.8 Å². The first kappa shape index (κ1) is 22.0. The van der Waals surface area contributed by atoms with Crippen LogP contribution in [0.15, 0.2) is 43.0 Å². The number of ketones is 1. The molecule has 0 atom stereocenters. The highest BCUT2D eigenvalue weighted by Gasteiger charge is 2.28. The third-order valence-electron chi connectivity index (χ3n) is 7.23. The van der Waals surface area contributed by atoms with Crippen molar-refractivity contribution in [3.05, 3.63) is 48.7 Å². The van der Waals surface area contributed by atoms with E-state index >= 15 is 0 Å². The molecule has 0 spiro atoms. The lowest BCUT2D eigenvalue weighted by atomic mass is 9.79. The first-order chi connectivity index (χ1) is 16.1. The van der Waals surface area contributed by atoms with Crippen LogP contribution >= 0.6 is 0 Å². The van der Waals surface area contributed by atoms with Crippen molar-refractivity contribution in [1.82, 2.24) is 29.7 Å². The molecule has 4 heterocycles. The second kappa shape index (κ2) is 10.0. The van der Waals surface area contributed by atoms with E-state index in [1.807, 2.05) is 24.4 Å². The Kier molecular flexibility index (Phi) is 6.69. The Bertz CT molecular complexity index is 1090. The number of aromatic nitrogens is 4. The summed E-state index contributed by atoms with van der Waals surface area (Å²) in [6, 6.07) is 5.87. The maximum atomic E-state index is 13.0. The van der Waals surface area contributed by atoms with Crippen LogP contribution in [0.5, 0.6) is 0 Å². The van der Waals surface area contributed by atoms with Crippen molar-refractivity contribution in [2.75, 3.05) is 39.8 Å². The van der Waals surface area contributed by atoms with Crippen molar-refractivity contribution in [3.8, 4) is 11.4 Å². The summed E-state index contributed by atoms with van der Waals surface area (Å²) in [4.78, 5) is 35.8. The number of rotatable bonds is 6. The number of Topliss-reactive ketones (excluding diaryl/α,β-unsaturated/α-hetero) is 1. The van der Waals surface area contributed by atoms with Gasteiger partial charge in [-0.05, 0) is 56.8 Å². The highest BCUT2D eigenvalue weighted by atomic mass is 16.1. The van der Waals surface area contributed by atoms with E-state index in [1.165, 1.54) is 32.7 Å². The number of hydrogen-bond donors (Lipinski definition) is 0.